The van der Waals surface area contributed by atoms with Crippen molar-refractivity contribution in [3.8, 4) is 0 Å². The standard InChI is InChI=1S/C21H16O5/c22-15-21(26-20(24)17-11-5-2-6-12-17)14-8-7-13-18(21)25-19(23)16-9-3-1-4-10-16/h1-15,18H. The van der Waals surface area contributed by atoms with Crippen LogP contribution >= 0.6 is 0 Å². The Morgan fingerprint density at radius 3 is 2.00 bits per heavy atom. The second-order valence-electron chi connectivity index (χ2n) is 5.66. The molecule has 1 aliphatic rings. The Hall–Kier alpha value is -3.47. The molecule has 0 bridgehead atoms. The van der Waals surface area contributed by atoms with E-state index in [4.69, 9.17) is 9.47 Å². The fourth-order valence-corrected chi connectivity index (χ4v) is 2.52. The average Bonchev–Trinajstić information content (AvgIpc) is 2.70. The van der Waals surface area contributed by atoms with Crippen LogP contribution in [0.4, 0.5) is 0 Å². The van der Waals surface area contributed by atoms with Crippen molar-refractivity contribution in [3.05, 3.63) is 96.1 Å². The molecule has 2 aromatic carbocycles. The molecule has 0 heterocycles. The maximum Gasteiger partial charge on any atom is 0.339 e. The summed E-state index contributed by atoms with van der Waals surface area (Å²) in [6, 6.07) is 16.7. The summed E-state index contributed by atoms with van der Waals surface area (Å²) >= 11 is 0. The number of aldehydes is 1. The second kappa shape index (κ2) is 7.61. The van der Waals surface area contributed by atoms with E-state index in [0.717, 1.165) is 0 Å². The first-order valence-electron chi connectivity index (χ1n) is 8.01. The molecule has 0 N–H and O–H groups in total. The van der Waals surface area contributed by atoms with Crippen molar-refractivity contribution in [2.24, 2.45) is 0 Å². The second-order valence-corrected chi connectivity index (χ2v) is 5.66. The van der Waals surface area contributed by atoms with Gasteiger partial charge in [-0.3, -0.25) is 4.79 Å². The van der Waals surface area contributed by atoms with Gasteiger partial charge in [0.25, 0.3) is 0 Å². The van der Waals surface area contributed by atoms with Crippen molar-refractivity contribution in [2.45, 2.75) is 11.7 Å². The van der Waals surface area contributed by atoms with Gasteiger partial charge in [0.05, 0.1) is 11.1 Å². The van der Waals surface area contributed by atoms with Crippen LogP contribution in [0.25, 0.3) is 0 Å². The Morgan fingerprint density at radius 1 is 0.846 bits per heavy atom. The SMILES string of the molecule is O=CC1(OC(=O)c2ccccc2)C=CC=CC1OC(=O)c1ccccc1. The van der Waals surface area contributed by atoms with Gasteiger partial charge in [-0.1, -0.05) is 48.6 Å². The molecule has 3 rings (SSSR count). The van der Waals surface area contributed by atoms with Crippen LogP contribution in [0, 0.1) is 0 Å². The van der Waals surface area contributed by atoms with Crippen LogP contribution in [0.15, 0.2) is 85.0 Å². The smallest absolute Gasteiger partial charge is 0.339 e. The maximum absolute atomic E-state index is 12.4. The highest BCUT2D eigenvalue weighted by Gasteiger charge is 2.43. The largest absolute Gasteiger partial charge is 0.449 e. The van der Waals surface area contributed by atoms with Gasteiger partial charge in [0, 0.05) is 0 Å². The van der Waals surface area contributed by atoms with Crippen LogP contribution in [-0.2, 0) is 14.3 Å². The van der Waals surface area contributed by atoms with E-state index in [0.29, 0.717) is 17.4 Å². The molecule has 26 heavy (non-hydrogen) atoms. The van der Waals surface area contributed by atoms with E-state index in [9.17, 15) is 14.4 Å². The lowest BCUT2D eigenvalue weighted by atomic mass is 9.93. The number of carbonyl (C=O) groups excluding carboxylic acids is 3. The van der Waals surface area contributed by atoms with Crippen LogP contribution in [0.2, 0.25) is 0 Å². The molecular weight excluding hydrogens is 332 g/mol. The zero-order valence-corrected chi connectivity index (χ0v) is 13.8. The molecule has 2 atom stereocenters. The summed E-state index contributed by atoms with van der Waals surface area (Å²) in [5.41, 5.74) is -1.08. The van der Waals surface area contributed by atoms with Crippen LogP contribution in [-0.4, -0.2) is 29.9 Å². The third-order valence-corrected chi connectivity index (χ3v) is 3.91. The van der Waals surface area contributed by atoms with Crippen molar-refractivity contribution >= 4 is 18.2 Å². The third-order valence-electron chi connectivity index (χ3n) is 3.91. The Bertz CT molecular complexity index is 854. The lowest BCUT2D eigenvalue weighted by Crippen LogP contribution is -2.48. The number of carbonyl (C=O) groups is 3. The first-order chi connectivity index (χ1) is 12.6. The minimum Gasteiger partial charge on any atom is -0.449 e. The van der Waals surface area contributed by atoms with Crippen molar-refractivity contribution in [3.63, 3.8) is 0 Å². The highest BCUT2D eigenvalue weighted by atomic mass is 16.6. The Morgan fingerprint density at radius 2 is 1.42 bits per heavy atom. The molecular formula is C21H16O5. The van der Waals surface area contributed by atoms with E-state index in [2.05, 4.69) is 0 Å². The highest BCUT2D eigenvalue weighted by Crippen LogP contribution is 2.26. The summed E-state index contributed by atoms with van der Waals surface area (Å²) < 4.78 is 10.9. The molecule has 0 fully saturated rings. The van der Waals surface area contributed by atoms with E-state index >= 15 is 0 Å². The molecule has 0 amide bonds. The summed E-state index contributed by atoms with van der Waals surface area (Å²) in [6.45, 7) is 0. The Balaban J connectivity index is 1.82. The van der Waals surface area contributed by atoms with Gasteiger partial charge in [0.15, 0.2) is 12.4 Å². The molecule has 0 saturated carbocycles. The van der Waals surface area contributed by atoms with Gasteiger partial charge in [-0.25, -0.2) is 9.59 Å². The van der Waals surface area contributed by atoms with E-state index in [1.807, 2.05) is 0 Å². The zero-order valence-electron chi connectivity index (χ0n) is 13.8. The predicted octanol–water partition coefficient (Wildman–Crippen LogP) is 3.13. The molecule has 5 nitrogen and oxygen atoms in total. The number of allylic oxidation sites excluding steroid dienone is 2. The number of rotatable bonds is 5. The zero-order chi connectivity index (χ0) is 18.4. The number of hydrogen-bond donors (Lipinski definition) is 0. The molecule has 130 valence electrons. The quantitative estimate of drug-likeness (QED) is 0.613. The summed E-state index contributed by atoms with van der Waals surface area (Å²) in [7, 11) is 0. The summed E-state index contributed by atoms with van der Waals surface area (Å²) in [5.74, 6) is -1.30. The van der Waals surface area contributed by atoms with Crippen LogP contribution in [0.5, 0.6) is 0 Å². The van der Waals surface area contributed by atoms with Crippen molar-refractivity contribution < 1.29 is 23.9 Å². The van der Waals surface area contributed by atoms with Crippen LogP contribution in [0.1, 0.15) is 20.7 Å². The molecule has 2 aromatic rings. The summed E-state index contributed by atoms with van der Waals surface area (Å²) in [5, 5.41) is 0. The van der Waals surface area contributed by atoms with Gasteiger partial charge in [0.2, 0.25) is 5.60 Å². The Kier molecular flexibility index (Phi) is 5.08. The van der Waals surface area contributed by atoms with E-state index in [-0.39, 0.29) is 0 Å². The molecule has 0 saturated heterocycles. The predicted molar refractivity (Wildman–Crippen MR) is 94.6 cm³/mol. The monoisotopic (exact) mass is 348 g/mol. The van der Waals surface area contributed by atoms with Crippen molar-refractivity contribution in [1.29, 1.82) is 0 Å². The van der Waals surface area contributed by atoms with Crippen LogP contribution in [0.3, 0.4) is 0 Å². The van der Waals surface area contributed by atoms with E-state index in [1.165, 1.54) is 12.2 Å². The summed E-state index contributed by atoms with van der Waals surface area (Å²) in [4.78, 5) is 36.6. The molecule has 0 aromatic heterocycles. The molecule has 2 unspecified atom stereocenters. The molecule has 0 aliphatic heterocycles. The first kappa shape index (κ1) is 17.4. The molecule has 1 aliphatic carbocycles. The topological polar surface area (TPSA) is 69.7 Å². The van der Waals surface area contributed by atoms with Crippen molar-refractivity contribution in [2.75, 3.05) is 0 Å². The van der Waals surface area contributed by atoms with Gasteiger partial charge < -0.3 is 9.47 Å². The number of ether oxygens (including phenoxy) is 2. The third kappa shape index (κ3) is 3.62. The average molecular weight is 348 g/mol. The minimum absolute atomic E-state index is 0.296. The molecule has 0 radical (unpaired) electrons. The van der Waals surface area contributed by atoms with Gasteiger partial charge in [0.1, 0.15) is 0 Å². The highest BCUT2D eigenvalue weighted by molar-refractivity contribution is 5.92. The first-order valence-corrected chi connectivity index (χ1v) is 8.01. The normalized spacial score (nSPS) is 21.0. The maximum atomic E-state index is 12.4. The lowest BCUT2D eigenvalue weighted by molar-refractivity contribution is -0.128. The number of esters is 2. The van der Waals surface area contributed by atoms with Crippen molar-refractivity contribution in [1.82, 2.24) is 0 Å². The Labute approximate surface area is 150 Å². The van der Waals surface area contributed by atoms with Gasteiger partial charge in [-0.15, -0.1) is 0 Å². The fraction of sp³-hybridized carbons (Fsp3) is 0.0952. The van der Waals surface area contributed by atoms with E-state index in [1.54, 1.807) is 72.8 Å². The van der Waals surface area contributed by atoms with Gasteiger partial charge in [-0.05, 0) is 36.4 Å². The lowest BCUT2D eigenvalue weighted by Gasteiger charge is -2.32. The van der Waals surface area contributed by atoms with Gasteiger partial charge >= 0.3 is 11.9 Å². The number of hydrogen-bond acceptors (Lipinski definition) is 5. The van der Waals surface area contributed by atoms with E-state index < -0.39 is 23.6 Å². The van der Waals surface area contributed by atoms with Crippen LogP contribution < -0.4 is 0 Å². The summed E-state index contributed by atoms with van der Waals surface area (Å²) in [6.07, 6.45) is 5.51. The minimum atomic E-state index is -1.72. The van der Waals surface area contributed by atoms with Gasteiger partial charge in [-0.2, -0.15) is 0 Å². The molecule has 5 heteroatoms. The fourth-order valence-electron chi connectivity index (χ4n) is 2.52. The molecule has 0 spiro atoms. The number of benzene rings is 2.